The quantitative estimate of drug-likeness (QED) is 0.116. The number of aromatic nitrogens is 7. The summed E-state index contributed by atoms with van der Waals surface area (Å²) in [7, 11) is -9.89. The molecule has 2 bridgehead atoms. The fraction of sp³-hybridized carbons (Fsp3) is 0.476. The van der Waals surface area contributed by atoms with Crippen molar-refractivity contribution in [1.29, 1.82) is 0 Å². The number of anilines is 2. The van der Waals surface area contributed by atoms with Crippen molar-refractivity contribution in [1.82, 2.24) is 34.1 Å². The number of hydrogen-bond acceptors (Lipinski definition) is 17. The van der Waals surface area contributed by atoms with Crippen LogP contribution in [0.2, 0.25) is 0 Å². The highest BCUT2D eigenvalue weighted by Gasteiger charge is 2.54. The Morgan fingerprint density at radius 1 is 0.978 bits per heavy atom. The molecule has 242 valence electrons. The third kappa shape index (κ3) is 5.33. The van der Waals surface area contributed by atoms with E-state index in [0.717, 1.165) is 10.9 Å². The van der Waals surface area contributed by atoms with E-state index in [1.165, 1.54) is 17.1 Å². The van der Waals surface area contributed by atoms with Gasteiger partial charge in [-0.3, -0.25) is 32.5 Å². The maximum absolute atomic E-state index is 13.2. The smallest absolute Gasteiger partial charge is 0.386 e. The van der Waals surface area contributed by atoms with Crippen LogP contribution in [0.1, 0.15) is 12.5 Å². The molecule has 0 spiro atoms. The largest absolute Gasteiger partial charge is 0.472 e. The molecule has 0 saturated carbocycles. The molecule has 3 saturated heterocycles. The van der Waals surface area contributed by atoms with Gasteiger partial charge in [-0.2, -0.15) is 4.98 Å². The number of H-pyrrole nitrogens is 1. The minimum Gasteiger partial charge on any atom is -0.386 e. The van der Waals surface area contributed by atoms with Crippen LogP contribution in [-0.2, 0) is 36.9 Å². The Kier molecular flexibility index (Phi) is 7.32. The normalized spacial score (nSPS) is 37.7. The zero-order chi connectivity index (χ0) is 31.8. The van der Waals surface area contributed by atoms with Crippen molar-refractivity contribution >= 4 is 49.4 Å². The molecule has 0 radical (unpaired) electrons. The summed E-state index contributed by atoms with van der Waals surface area (Å²) in [6.45, 7) is -0.803. The standard InChI is InChI=1S/C21H25N9O13P2/c22-14-7-1-2-29(15(7)25-4-24-14)18-10(31)12-8(40-18)3-39-45(36,37)43-13-11(32)20(38-6-44(34,35)42-12)41-19(13)30-5-26-9-16(30)27-21(23)28-17(9)33/h1-2,4-5,8,10-13,18-20,31-32H,3,6H2,(H,34,35)(H,36,37)(H2,22,24,25)(H3,23,27,28,33)/t8-,10?,11?,12?,13+,18-,19-,20+/m1/s1. The van der Waals surface area contributed by atoms with Gasteiger partial charge in [-0.1, -0.05) is 0 Å². The number of nitrogens with two attached hydrogens (primary N) is 2. The molecule has 24 heteroatoms. The third-order valence-corrected chi connectivity index (χ3v) is 9.40. The molecule has 7 heterocycles. The number of imidazole rings is 1. The minimum atomic E-state index is -5.12. The van der Waals surface area contributed by atoms with Gasteiger partial charge in [-0.15, -0.1) is 0 Å². The molecule has 3 aliphatic rings. The fourth-order valence-corrected chi connectivity index (χ4v) is 7.34. The predicted octanol–water partition coefficient (Wildman–Crippen LogP) is -1.74. The zero-order valence-corrected chi connectivity index (χ0v) is 24.3. The van der Waals surface area contributed by atoms with Gasteiger partial charge < -0.3 is 50.2 Å². The van der Waals surface area contributed by atoms with Gasteiger partial charge >= 0.3 is 15.4 Å². The number of hydrogen-bond donors (Lipinski definition) is 7. The number of nitrogen functional groups attached to an aromatic ring is 2. The SMILES string of the molecule is Nc1nc2c(ncn2[C@@H]2O[C@@H]3OCP(=O)(O)OC4C(O)[C@H](n5ccc6c(N)ncnc65)O[C@@H]4COP(=O)(O)O[C@H]2C3O)c(=O)[nH]1. The zero-order valence-electron chi connectivity index (χ0n) is 22.5. The Labute approximate surface area is 249 Å². The second-order valence-electron chi connectivity index (χ2n) is 10.3. The number of aliphatic hydroxyl groups is 2. The van der Waals surface area contributed by atoms with E-state index < -0.39 is 83.2 Å². The summed E-state index contributed by atoms with van der Waals surface area (Å²) in [5.41, 5.74) is 10.8. The number of nitrogens with zero attached hydrogens (tertiary/aromatic N) is 6. The number of phosphoric ester groups is 1. The van der Waals surface area contributed by atoms with Crippen LogP contribution in [0, 0.1) is 0 Å². The highest BCUT2D eigenvalue weighted by Crippen LogP contribution is 2.53. The molecule has 10 atom stereocenters. The lowest BCUT2D eigenvalue weighted by atomic mass is 10.1. The molecule has 0 aliphatic carbocycles. The molecular formula is C21H25N9O13P2. The van der Waals surface area contributed by atoms with E-state index in [9.17, 15) is 33.9 Å². The molecule has 5 unspecified atom stereocenters. The van der Waals surface area contributed by atoms with Crippen molar-refractivity contribution < 1.29 is 56.9 Å². The Morgan fingerprint density at radius 3 is 2.58 bits per heavy atom. The Morgan fingerprint density at radius 2 is 1.78 bits per heavy atom. The van der Waals surface area contributed by atoms with E-state index in [4.69, 9.17) is 39.2 Å². The summed E-state index contributed by atoms with van der Waals surface area (Å²) in [6, 6.07) is 1.56. The van der Waals surface area contributed by atoms with Gasteiger partial charge in [0.25, 0.3) is 5.56 Å². The lowest BCUT2D eigenvalue weighted by molar-refractivity contribution is -0.168. The first-order chi connectivity index (χ1) is 21.3. The van der Waals surface area contributed by atoms with Gasteiger partial charge in [-0.25, -0.2) is 19.5 Å². The van der Waals surface area contributed by atoms with Crippen molar-refractivity contribution in [3.8, 4) is 0 Å². The molecule has 0 amide bonds. The van der Waals surface area contributed by atoms with Crippen LogP contribution in [0.5, 0.6) is 0 Å². The maximum atomic E-state index is 13.2. The molecule has 3 aliphatic heterocycles. The summed E-state index contributed by atoms with van der Waals surface area (Å²) in [6.07, 6.45) is -10.2. The van der Waals surface area contributed by atoms with E-state index in [-0.39, 0.29) is 28.6 Å². The van der Waals surface area contributed by atoms with Gasteiger partial charge in [0.2, 0.25) is 5.95 Å². The number of rotatable bonds is 2. The monoisotopic (exact) mass is 673 g/mol. The maximum Gasteiger partial charge on any atom is 0.472 e. The number of fused-ring (bicyclic) bond motifs is 5. The average molecular weight is 673 g/mol. The van der Waals surface area contributed by atoms with Crippen molar-refractivity contribution in [3.63, 3.8) is 0 Å². The van der Waals surface area contributed by atoms with Gasteiger partial charge in [0, 0.05) is 6.20 Å². The molecule has 4 aromatic rings. The molecule has 3 fully saturated rings. The summed E-state index contributed by atoms with van der Waals surface area (Å²) < 4.78 is 61.6. The van der Waals surface area contributed by atoms with E-state index in [2.05, 4.69) is 24.9 Å². The van der Waals surface area contributed by atoms with Crippen LogP contribution in [0.4, 0.5) is 11.8 Å². The molecule has 45 heavy (non-hydrogen) atoms. The van der Waals surface area contributed by atoms with Crippen LogP contribution in [-0.4, -0.2) is 104 Å². The topological polar surface area (TPSA) is 317 Å². The first kappa shape index (κ1) is 30.3. The summed E-state index contributed by atoms with van der Waals surface area (Å²) in [4.78, 5) is 51.9. The minimum absolute atomic E-state index is 0.138. The lowest BCUT2D eigenvalue weighted by Crippen LogP contribution is -2.36. The van der Waals surface area contributed by atoms with Crippen LogP contribution in [0.25, 0.3) is 22.2 Å². The predicted molar refractivity (Wildman–Crippen MR) is 146 cm³/mol. The number of ether oxygens (including phenoxy) is 3. The average Bonchev–Trinajstić information content (AvgIpc) is 3.72. The van der Waals surface area contributed by atoms with Crippen LogP contribution in [0.15, 0.2) is 29.7 Å². The van der Waals surface area contributed by atoms with Gasteiger partial charge in [-0.05, 0) is 6.07 Å². The Hall–Kier alpha value is -3.37. The molecule has 9 N–H and O–H groups in total. The summed E-state index contributed by atoms with van der Waals surface area (Å²) in [5, 5.41) is 22.6. The highest BCUT2D eigenvalue weighted by atomic mass is 31.2. The van der Waals surface area contributed by atoms with Crippen LogP contribution >= 0.6 is 15.4 Å². The summed E-state index contributed by atoms with van der Waals surface area (Å²) >= 11 is 0. The molecule has 22 nitrogen and oxygen atoms in total. The number of nitrogens with one attached hydrogen (secondary N) is 1. The fourth-order valence-electron chi connectivity index (χ4n) is 5.37. The van der Waals surface area contributed by atoms with E-state index in [0.29, 0.717) is 5.39 Å². The van der Waals surface area contributed by atoms with Gasteiger partial charge in [0.1, 0.15) is 48.3 Å². The Bertz CT molecular complexity index is 1930. The second-order valence-corrected chi connectivity index (χ2v) is 13.4. The molecule has 7 rings (SSSR count). The molecule has 4 aromatic heterocycles. The van der Waals surface area contributed by atoms with Gasteiger partial charge in [0.05, 0.1) is 18.3 Å². The van der Waals surface area contributed by atoms with E-state index in [1.807, 2.05) is 0 Å². The van der Waals surface area contributed by atoms with Crippen molar-refractivity contribution in [2.45, 2.75) is 49.3 Å². The summed E-state index contributed by atoms with van der Waals surface area (Å²) in [5.74, 6) is -0.138. The molecule has 0 aromatic carbocycles. The number of aromatic amines is 1. The van der Waals surface area contributed by atoms with Crippen molar-refractivity contribution in [2.24, 2.45) is 0 Å². The third-order valence-electron chi connectivity index (χ3n) is 7.36. The van der Waals surface area contributed by atoms with E-state index >= 15 is 0 Å². The highest BCUT2D eigenvalue weighted by molar-refractivity contribution is 7.52. The first-order valence-corrected chi connectivity index (χ1v) is 16.3. The lowest BCUT2D eigenvalue weighted by Gasteiger charge is -2.25. The van der Waals surface area contributed by atoms with E-state index in [1.54, 1.807) is 6.07 Å². The van der Waals surface area contributed by atoms with Crippen LogP contribution < -0.4 is 17.0 Å². The second kappa shape index (κ2) is 10.9. The van der Waals surface area contributed by atoms with Crippen molar-refractivity contribution in [2.75, 3.05) is 24.4 Å². The Balaban J connectivity index is 1.21. The molecular weight excluding hydrogens is 648 g/mol. The van der Waals surface area contributed by atoms with Crippen LogP contribution in [0.3, 0.4) is 0 Å². The van der Waals surface area contributed by atoms with Crippen molar-refractivity contribution in [3.05, 3.63) is 35.3 Å². The number of aliphatic hydroxyl groups excluding tert-OH is 2. The number of phosphoric acid groups is 1. The van der Waals surface area contributed by atoms with Gasteiger partial charge in [0.15, 0.2) is 36.3 Å². The first-order valence-electron chi connectivity index (χ1n) is 13.1.